The SMILES string of the molecule is CC(C)(C)C(=O)NC1(C(=O)O)CC1c1ccccc1. The Bertz CT molecular complexity index is 504. The van der Waals surface area contributed by atoms with Gasteiger partial charge in [-0.15, -0.1) is 0 Å². The number of carbonyl (C=O) groups excluding carboxylic acids is 1. The molecule has 1 fully saturated rings. The predicted molar refractivity (Wildman–Crippen MR) is 71.8 cm³/mol. The summed E-state index contributed by atoms with van der Waals surface area (Å²) >= 11 is 0. The molecule has 4 heteroatoms. The molecule has 2 rings (SSSR count). The van der Waals surface area contributed by atoms with E-state index in [4.69, 9.17) is 0 Å². The van der Waals surface area contributed by atoms with Crippen molar-refractivity contribution in [2.75, 3.05) is 0 Å². The minimum absolute atomic E-state index is 0.141. The lowest BCUT2D eigenvalue weighted by Gasteiger charge is -2.22. The van der Waals surface area contributed by atoms with Crippen LogP contribution in [0, 0.1) is 5.41 Å². The van der Waals surface area contributed by atoms with Gasteiger partial charge in [0.2, 0.25) is 5.91 Å². The lowest BCUT2D eigenvalue weighted by molar-refractivity contribution is -0.144. The van der Waals surface area contributed by atoms with Gasteiger partial charge in [0.15, 0.2) is 0 Å². The van der Waals surface area contributed by atoms with Gasteiger partial charge in [0.1, 0.15) is 5.54 Å². The second-order valence-electron chi connectivity index (χ2n) is 6.15. The van der Waals surface area contributed by atoms with Crippen LogP contribution >= 0.6 is 0 Å². The summed E-state index contributed by atoms with van der Waals surface area (Å²) in [7, 11) is 0. The van der Waals surface area contributed by atoms with E-state index in [1.165, 1.54) is 0 Å². The number of amides is 1. The Morgan fingerprint density at radius 1 is 1.26 bits per heavy atom. The van der Waals surface area contributed by atoms with Crippen LogP contribution in [0.3, 0.4) is 0 Å². The van der Waals surface area contributed by atoms with Crippen LogP contribution in [-0.4, -0.2) is 22.5 Å². The number of hydrogen-bond donors (Lipinski definition) is 2. The fourth-order valence-electron chi connectivity index (χ4n) is 2.17. The number of carbonyl (C=O) groups is 2. The van der Waals surface area contributed by atoms with E-state index in [0.717, 1.165) is 5.56 Å². The maximum atomic E-state index is 12.0. The molecule has 4 nitrogen and oxygen atoms in total. The minimum atomic E-state index is -1.13. The number of carboxylic acid groups (broad SMARTS) is 1. The monoisotopic (exact) mass is 261 g/mol. The van der Waals surface area contributed by atoms with E-state index in [-0.39, 0.29) is 11.8 Å². The van der Waals surface area contributed by atoms with Crippen molar-refractivity contribution >= 4 is 11.9 Å². The largest absolute Gasteiger partial charge is 0.479 e. The molecule has 0 aromatic heterocycles. The quantitative estimate of drug-likeness (QED) is 0.876. The summed E-state index contributed by atoms with van der Waals surface area (Å²) in [5.74, 6) is -1.33. The number of rotatable bonds is 3. The minimum Gasteiger partial charge on any atom is -0.479 e. The van der Waals surface area contributed by atoms with E-state index >= 15 is 0 Å². The Balaban J connectivity index is 2.20. The molecule has 0 radical (unpaired) electrons. The van der Waals surface area contributed by atoms with Gasteiger partial charge in [0.05, 0.1) is 0 Å². The summed E-state index contributed by atoms with van der Waals surface area (Å²) in [6.45, 7) is 5.33. The van der Waals surface area contributed by atoms with Crippen LogP contribution in [0.4, 0.5) is 0 Å². The van der Waals surface area contributed by atoms with Crippen LogP contribution in [0.1, 0.15) is 38.7 Å². The van der Waals surface area contributed by atoms with E-state index in [9.17, 15) is 14.7 Å². The highest BCUT2D eigenvalue weighted by Gasteiger charge is 2.62. The first-order valence-corrected chi connectivity index (χ1v) is 6.38. The van der Waals surface area contributed by atoms with Crippen LogP contribution < -0.4 is 5.32 Å². The van der Waals surface area contributed by atoms with E-state index in [1.807, 2.05) is 30.3 Å². The van der Waals surface area contributed by atoms with Crippen molar-refractivity contribution in [3.8, 4) is 0 Å². The molecule has 1 aromatic rings. The summed E-state index contributed by atoms with van der Waals surface area (Å²) in [4.78, 5) is 23.5. The Morgan fingerprint density at radius 3 is 2.32 bits per heavy atom. The molecule has 0 aliphatic heterocycles. The molecule has 2 N–H and O–H groups in total. The first-order valence-electron chi connectivity index (χ1n) is 6.38. The van der Waals surface area contributed by atoms with Crippen molar-refractivity contribution in [1.82, 2.24) is 5.32 Å². The number of aliphatic carboxylic acids is 1. The number of carboxylic acids is 1. The van der Waals surface area contributed by atoms with Crippen LogP contribution in [0.15, 0.2) is 30.3 Å². The molecule has 1 saturated carbocycles. The highest BCUT2D eigenvalue weighted by Crippen LogP contribution is 2.52. The van der Waals surface area contributed by atoms with Crippen molar-refractivity contribution in [1.29, 1.82) is 0 Å². The molecule has 102 valence electrons. The fourth-order valence-corrected chi connectivity index (χ4v) is 2.17. The molecule has 1 aliphatic rings. The standard InChI is InChI=1S/C15H19NO3/c1-14(2,3)12(17)16-15(13(18)19)9-11(15)10-7-5-4-6-8-10/h4-8,11H,9H2,1-3H3,(H,16,17)(H,18,19). The van der Waals surface area contributed by atoms with Gasteiger partial charge in [-0.2, -0.15) is 0 Å². The zero-order chi connectivity index (χ0) is 14.3. The summed E-state index contributed by atoms with van der Waals surface area (Å²) < 4.78 is 0. The molecular weight excluding hydrogens is 242 g/mol. The lowest BCUT2D eigenvalue weighted by Crippen LogP contribution is -2.48. The summed E-state index contributed by atoms with van der Waals surface area (Å²) in [6.07, 6.45) is 0.453. The average Bonchev–Trinajstić information content (AvgIpc) is 3.05. The third-order valence-electron chi connectivity index (χ3n) is 3.56. The number of benzene rings is 1. The van der Waals surface area contributed by atoms with E-state index in [0.29, 0.717) is 6.42 Å². The average molecular weight is 261 g/mol. The fraction of sp³-hybridized carbons (Fsp3) is 0.467. The Hall–Kier alpha value is -1.84. The summed E-state index contributed by atoms with van der Waals surface area (Å²) in [6, 6.07) is 9.46. The van der Waals surface area contributed by atoms with E-state index < -0.39 is 16.9 Å². The Morgan fingerprint density at radius 2 is 1.84 bits per heavy atom. The molecule has 1 aromatic carbocycles. The normalized spacial score (nSPS) is 25.7. The molecule has 0 heterocycles. The topological polar surface area (TPSA) is 66.4 Å². The highest BCUT2D eigenvalue weighted by atomic mass is 16.4. The van der Waals surface area contributed by atoms with Gasteiger partial charge in [-0.3, -0.25) is 4.79 Å². The molecule has 2 atom stereocenters. The van der Waals surface area contributed by atoms with Crippen LogP contribution in [0.25, 0.3) is 0 Å². The molecule has 0 spiro atoms. The van der Waals surface area contributed by atoms with Crippen molar-refractivity contribution in [2.45, 2.75) is 38.6 Å². The van der Waals surface area contributed by atoms with Crippen LogP contribution in [0.5, 0.6) is 0 Å². The summed E-state index contributed by atoms with van der Waals surface area (Å²) in [5, 5.41) is 12.2. The first kappa shape index (κ1) is 13.6. The smallest absolute Gasteiger partial charge is 0.330 e. The van der Waals surface area contributed by atoms with E-state index in [2.05, 4.69) is 5.32 Å². The second kappa shape index (κ2) is 4.37. The number of hydrogen-bond acceptors (Lipinski definition) is 2. The zero-order valence-electron chi connectivity index (χ0n) is 11.4. The van der Waals surface area contributed by atoms with Gasteiger partial charge >= 0.3 is 5.97 Å². The first-order chi connectivity index (χ1) is 8.77. The predicted octanol–water partition coefficient (Wildman–Crippen LogP) is 2.16. The molecule has 2 unspecified atom stereocenters. The van der Waals surface area contributed by atoms with Crippen molar-refractivity contribution in [2.24, 2.45) is 5.41 Å². The van der Waals surface area contributed by atoms with Gasteiger partial charge in [-0.05, 0) is 12.0 Å². The molecule has 19 heavy (non-hydrogen) atoms. The second-order valence-corrected chi connectivity index (χ2v) is 6.15. The van der Waals surface area contributed by atoms with Crippen LogP contribution in [-0.2, 0) is 9.59 Å². The zero-order valence-corrected chi connectivity index (χ0v) is 11.4. The van der Waals surface area contributed by atoms with E-state index in [1.54, 1.807) is 20.8 Å². The Kier molecular flexibility index (Phi) is 3.12. The third kappa shape index (κ3) is 2.48. The van der Waals surface area contributed by atoms with Crippen molar-refractivity contribution in [3.05, 3.63) is 35.9 Å². The van der Waals surface area contributed by atoms with Gasteiger partial charge in [-0.1, -0.05) is 51.1 Å². The molecular formula is C15H19NO3. The third-order valence-corrected chi connectivity index (χ3v) is 3.56. The number of nitrogens with one attached hydrogen (secondary N) is 1. The molecule has 1 amide bonds. The highest BCUT2D eigenvalue weighted by molar-refractivity contribution is 5.93. The Labute approximate surface area is 112 Å². The van der Waals surface area contributed by atoms with Gasteiger partial charge in [0, 0.05) is 11.3 Å². The summed E-state index contributed by atoms with van der Waals surface area (Å²) in [5.41, 5.74) is -0.767. The van der Waals surface area contributed by atoms with Gasteiger partial charge in [-0.25, -0.2) is 4.79 Å². The molecule has 0 saturated heterocycles. The molecule has 1 aliphatic carbocycles. The van der Waals surface area contributed by atoms with Crippen molar-refractivity contribution in [3.63, 3.8) is 0 Å². The molecule has 0 bridgehead atoms. The van der Waals surface area contributed by atoms with Gasteiger partial charge < -0.3 is 10.4 Å². The van der Waals surface area contributed by atoms with Crippen LogP contribution in [0.2, 0.25) is 0 Å². The van der Waals surface area contributed by atoms with Gasteiger partial charge in [0.25, 0.3) is 0 Å². The lowest BCUT2D eigenvalue weighted by atomic mass is 9.94. The maximum absolute atomic E-state index is 12.0. The maximum Gasteiger partial charge on any atom is 0.330 e. The van der Waals surface area contributed by atoms with Crippen molar-refractivity contribution < 1.29 is 14.7 Å².